The van der Waals surface area contributed by atoms with E-state index in [1.807, 2.05) is 35.0 Å². The van der Waals surface area contributed by atoms with Gasteiger partial charge >= 0.3 is 0 Å². The third kappa shape index (κ3) is 5.31. The summed E-state index contributed by atoms with van der Waals surface area (Å²) < 4.78 is 8.33. The molecule has 24 heavy (non-hydrogen) atoms. The maximum atomic E-state index is 12.2. The van der Waals surface area contributed by atoms with E-state index < -0.39 is 0 Å². The van der Waals surface area contributed by atoms with Crippen LogP contribution in [0.25, 0.3) is 0 Å². The molecule has 2 N–H and O–H groups in total. The van der Waals surface area contributed by atoms with Gasteiger partial charge in [-0.3, -0.25) is 10.1 Å². The number of benzene rings is 1. The van der Waals surface area contributed by atoms with E-state index >= 15 is 0 Å². The topological polar surface area (TPSA) is 68.2 Å². The Balaban J connectivity index is 0.00000208. The van der Waals surface area contributed by atoms with Gasteiger partial charge in [0.15, 0.2) is 0 Å². The highest BCUT2D eigenvalue weighted by molar-refractivity contribution is 9.10. The second-order valence-electron chi connectivity index (χ2n) is 5.48. The smallest absolute Gasteiger partial charge is 0.228 e. The Kier molecular flexibility index (Phi) is 7.23. The molecule has 1 aliphatic rings. The van der Waals surface area contributed by atoms with E-state index in [1.165, 1.54) is 0 Å². The predicted molar refractivity (Wildman–Crippen MR) is 98.6 cm³/mol. The molecule has 2 heterocycles. The fourth-order valence-electron chi connectivity index (χ4n) is 2.50. The molecule has 0 aliphatic carbocycles. The summed E-state index contributed by atoms with van der Waals surface area (Å²) in [5.41, 5.74) is 1.14. The zero-order chi connectivity index (χ0) is 16.1. The Morgan fingerprint density at radius 2 is 2.21 bits per heavy atom. The maximum absolute atomic E-state index is 12.2. The number of nitrogens with zero attached hydrogens (tertiary/aromatic N) is 2. The molecule has 8 heteroatoms. The monoisotopic (exact) mass is 414 g/mol. The third-order valence-electron chi connectivity index (χ3n) is 3.66. The molecule has 1 aromatic carbocycles. The van der Waals surface area contributed by atoms with Crippen LogP contribution in [0, 0.1) is 0 Å². The number of nitrogens with one attached hydrogen (secondary N) is 2. The Hall–Kier alpha value is -1.41. The van der Waals surface area contributed by atoms with Crippen LogP contribution < -0.4 is 10.6 Å². The van der Waals surface area contributed by atoms with Gasteiger partial charge in [-0.1, -0.05) is 28.1 Å². The number of hydrogen-bond donors (Lipinski definition) is 2. The van der Waals surface area contributed by atoms with Crippen LogP contribution in [0.4, 0.5) is 5.95 Å². The summed E-state index contributed by atoms with van der Waals surface area (Å²) in [6.45, 7) is 2.72. The van der Waals surface area contributed by atoms with Gasteiger partial charge in [0, 0.05) is 35.9 Å². The quantitative estimate of drug-likeness (QED) is 0.787. The Morgan fingerprint density at radius 3 is 2.92 bits per heavy atom. The molecule has 0 bridgehead atoms. The molecule has 1 amide bonds. The van der Waals surface area contributed by atoms with Gasteiger partial charge < -0.3 is 14.6 Å². The molecule has 1 atom stereocenters. The van der Waals surface area contributed by atoms with Gasteiger partial charge in [0.1, 0.15) is 0 Å². The van der Waals surface area contributed by atoms with Gasteiger partial charge in [-0.05, 0) is 17.7 Å². The number of halogens is 2. The molecular formula is C16H20BrClN4O2. The predicted octanol–water partition coefficient (Wildman–Crippen LogP) is 2.43. The van der Waals surface area contributed by atoms with Crippen LogP contribution in [-0.2, 0) is 16.1 Å². The molecule has 6 nitrogen and oxygen atoms in total. The van der Waals surface area contributed by atoms with E-state index in [0.29, 0.717) is 32.1 Å². The second-order valence-corrected chi connectivity index (χ2v) is 6.40. The SMILES string of the molecule is Cl.O=C(CC1COCCN1)Nc1nccn1Cc1ccc(Br)cc1. The molecular weight excluding hydrogens is 396 g/mol. The van der Waals surface area contributed by atoms with Gasteiger partial charge in [-0.25, -0.2) is 4.98 Å². The first kappa shape index (κ1) is 18.9. The highest BCUT2D eigenvalue weighted by Crippen LogP contribution is 2.14. The number of carbonyl (C=O) groups excluding carboxylic acids is 1. The number of aromatic nitrogens is 2. The van der Waals surface area contributed by atoms with Crippen molar-refractivity contribution < 1.29 is 9.53 Å². The number of anilines is 1. The highest BCUT2D eigenvalue weighted by atomic mass is 79.9. The Labute approximate surface area is 155 Å². The summed E-state index contributed by atoms with van der Waals surface area (Å²) in [7, 11) is 0. The van der Waals surface area contributed by atoms with E-state index in [2.05, 4.69) is 31.5 Å². The van der Waals surface area contributed by atoms with Crippen molar-refractivity contribution in [1.29, 1.82) is 0 Å². The minimum atomic E-state index is -0.0590. The van der Waals surface area contributed by atoms with Crippen molar-refractivity contribution in [2.24, 2.45) is 0 Å². The molecule has 1 unspecified atom stereocenters. The summed E-state index contributed by atoms with van der Waals surface area (Å²) in [6.07, 6.45) is 3.93. The average molecular weight is 416 g/mol. The third-order valence-corrected chi connectivity index (χ3v) is 4.19. The molecule has 2 aromatic rings. The number of carbonyl (C=O) groups is 1. The van der Waals surface area contributed by atoms with E-state index in [1.54, 1.807) is 6.20 Å². The maximum Gasteiger partial charge on any atom is 0.228 e. The molecule has 130 valence electrons. The zero-order valence-corrected chi connectivity index (χ0v) is 15.5. The van der Waals surface area contributed by atoms with Crippen molar-refractivity contribution >= 4 is 40.2 Å². The molecule has 0 radical (unpaired) electrons. The van der Waals surface area contributed by atoms with Gasteiger partial charge in [0.05, 0.1) is 19.8 Å². The first-order valence-electron chi connectivity index (χ1n) is 7.57. The molecule has 3 rings (SSSR count). The lowest BCUT2D eigenvalue weighted by molar-refractivity contribution is -0.117. The largest absolute Gasteiger partial charge is 0.378 e. The minimum Gasteiger partial charge on any atom is -0.378 e. The molecule has 1 saturated heterocycles. The molecule has 0 saturated carbocycles. The fourth-order valence-corrected chi connectivity index (χ4v) is 2.76. The summed E-state index contributed by atoms with van der Waals surface area (Å²) in [5, 5.41) is 6.15. The number of amides is 1. The van der Waals surface area contributed by atoms with Crippen molar-refractivity contribution in [3.05, 3.63) is 46.7 Å². The number of morpholine rings is 1. The van der Waals surface area contributed by atoms with Crippen LogP contribution in [0.3, 0.4) is 0 Å². The lowest BCUT2D eigenvalue weighted by Gasteiger charge is -2.23. The van der Waals surface area contributed by atoms with E-state index in [-0.39, 0.29) is 24.4 Å². The van der Waals surface area contributed by atoms with Crippen LogP contribution in [0.2, 0.25) is 0 Å². The summed E-state index contributed by atoms with van der Waals surface area (Å²) in [5.74, 6) is 0.505. The Bertz CT molecular complexity index is 656. The van der Waals surface area contributed by atoms with Crippen LogP contribution in [-0.4, -0.2) is 41.3 Å². The van der Waals surface area contributed by atoms with Gasteiger partial charge in [-0.15, -0.1) is 12.4 Å². The van der Waals surface area contributed by atoms with Crippen LogP contribution in [0.1, 0.15) is 12.0 Å². The average Bonchev–Trinajstić information content (AvgIpc) is 2.97. The standard InChI is InChI=1S/C16H19BrN4O2.ClH/c17-13-3-1-12(2-4-13)10-21-7-5-19-16(21)20-15(22)9-14-11-23-8-6-18-14;/h1-5,7,14,18H,6,8-11H2,(H,19,20,22);1H. The van der Waals surface area contributed by atoms with Crippen molar-refractivity contribution in [2.45, 2.75) is 19.0 Å². The van der Waals surface area contributed by atoms with Crippen molar-refractivity contribution in [3.8, 4) is 0 Å². The molecule has 1 aliphatic heterocycles. The van der Waals surface area contributed by atoms with Crippen LogP contribution >= 0.6 is 28.3 Å². The lowest BCUT2D eigenvalue weighted by Crippen LogP contribution is -2.43. The van der Waals surface area contributed by atoms with Crippen molar-refractivity contribution in [1.82, 2.24) is 14.9 Å². The van der Waals surface area contributed by atoms with Crippen LogP contribution in [0.15, 0.2) is 41.1 Å². The molecule has 1 fully saturated rings. The highest BCUT2D eigenvalue weighted by Gasteiger charge is 2.18. The van der Waals surface area contributed by atoms with E-state index in [9.17, 15) is 4.79 Å². The first-order valence-corrected chi connectivity index (χ1v) is 8.36. The number of rotatable bonds is 5. The summed E-state index contributed by atoms with van der Waals surface area (Å²) in [6, 6.07) is 8.15. The number of imidazole rings is 1. The summed E-state index contributed by atoms with van der Waals surface area (Å²) in [4.78, 5) is 16.4. The number of hydrogen-bond acceptors (Lipinski definition) is 4. The minimum absolute atomic E-state index is 0. The van der Waals surface area contributed by atoms with Crippen molar-refractivity contribution in [3.63, 3.8) is 0 Å². The Morgan fingerprint density at radius 1 is 1.42 bits per heavy atom. The van der Waals surface area contributed by atoms with E-state index in [4.69, 9.17) is 4.74 Å². The number of ether oxygens (including phenoxy) is 1. The summed E-state index contributed by atoms with van der Waals surface area (Å²) >= 11 is 3.43. The van der Waals surface area contributed by atoms with Gasteiger partial charge in [0.25, 0.3) is 0 Å². The fraction of sp³-hybridized carbons (Fsp3) is 0.375. The van der Waals surface area contributed by atoms with E-state index in [0.717, 1.165) is 16.6 Å². The van der Waals surface area contributed by atoms with Crippen LogP contribution in [0.5, 0.6) is 0 Å². The van der Waals surface area contributed by atoms with Gasteiger partial charge in [-0.2, -0.15) is 0 Å². The molecule has 0 spiro atoms. The zero-order valence-electron chi connectivity index (χ0n) is 13.1. The second kappa shape index (κ2) is 9.17. The van der Waals surface area contributed by atoms with Crippen molar-refractivity contribution in [2.75, 3.05) is 25.1 Å². The normalized spacial score (nSPS) is 17.1. The first-order chi connectivity index (χ1) is 11.2. The molecule has 1 aromatic heterocycles. The van der Waals surface area contributed by atoms with Gasteiger partial charge in [0.2, 0.25) is 11.9 Å². The lowest BCUT2D eigenvalue weighted by atomic mass is 10.2.